The van der Waals surface area contributed by atoms with E-state index in [1.54, 1.807) is 18.2 Å². The van der Waals surface area contributed by atoms with Crippen molar-refractivity contribution in [2.75, 3.05) is 7.11 Å². The van der Waals surface area contributed by atoms with E-state index in [2.05, 4.69) is 12.1 Å². The predicted molar refractivity (Wildman–Crippen MR) is 91.3 cm³/mol. The lowest BCUT2D eigenvalue weighted by molar-refractivity contribution is 0.105. The molecule has 6 nitrogen and oxygen atoms in total. The average molecular weight is 331 g/mol. The second-order valence-electron chi connectivity index (χ2n) is 5.54. The average Bonchev–Trinajstić information content (AvgIpc) is 2.60. The van der Waals surface area contributed by atoms with Crippen molar-refractivity contribution in [3.63, 3.8) is 0 Å². The van der Waals surface area contributed by atoms with Crippen molar-refractivity contribution in [3.8, 4) is 5.75 Å². The Kier molecular flexibility index (Phi) is 6.12. The lowest BCUT2D eigenvalue weighted by atomic mass is 10.0. The Morgan fingerprint density at radius 2 is 2.04 bits per heavy atom. The van der Waals surface area contributed by atoms with E-state index < -0.39 is 11.4 Å². The van der Waals surface area contributed by atoms with Gasteiger partial charge in [-0.15, -0.1) is 0 Å². The number of benzene rings is 1. The third-order valence-electron chi connectivity index (χ3n) is 3.84. The summed E-state index contributed by atoms with van der Waals surface area (Å²) in [6, 6.07) is 6.45. The van der Waals surface area contributed by atoms with E-state index in [0.29, 0.717) is 23.1 Å². The molecule has 6 heteroatoms. The van der Waals surface area contributed by atoms with Gasteiger partial charge in [0, 0.05) is 11.5 Å². The first-order chi connectivity index (χ1) is 11.6. The molecule has 2 aromatic rings. The van der Waals surface area contributed by atoms with E-state index in [1.807, 2.05) is 0 Å². The van der Waals surface area contributed by atoms with Crippen molar-refractivity contribution in [3.05, 3.63) is 40.2 Å². The Balaban J connectivity index is 2.28. The third-order valence-corrected chi connectivity index (χ3v) is 3.84. The zero-order chi connectivity index (χ0) is 17.5. The molecule has 0 radical (unpaired) electrons. The SMILES string of the molecule is CCCCCC/C(=N\O)C(=O)c1cc2ccc(OC)cc2oc1=O. The van der Waals surface area contributed by atoms with Gasteiger partial charge in [-0.2, -0.15) is 0 Å². The lowest BCUT2D eigenvalue weighted by Gasteiger charge is -2.05. The fourth-order valence-electron chi connectivity index (χ4n) is 2.46. The smallest absolute Gasteiger partial charge is 0.347 e. The molecule has 0 amide bonds. The van der Waals surface area contributed by atoms with E-state index in [0.717, 1.165) is 25.7 Å². The van der Waals surface area contributed by atoms with Gasteiger partial charge in [0.1, 0.15) is 22.6 Å². The van der Waals surface area contributed by atoms with Crippen LogP contribution in [0.3, 0.4) is 0 Å². The Bertz CT molecular complexity index is 807. The van der Waals surface area contributed by atoms with Gasteiger partial charge in [-0.05, 0) is 31.0 Å². The van der Waals surface area contributed by atoms with Gasteiger partial charge in [-0.3, -0.25) is 4.79 Å². The third kappa shape index (κ3) is 4.01. The van der Waals surface area contributed by atoms with Crippen molar-refractivity contribution >= 4 is 22.5 Å². The standard InChI is InChI=1S/C18H21NO5/c1-3-4-5-6-7-15(19-22)17(20)14-10-12-8-9-13(23-2)11-16(12)24-18(14)21/h8-11,22H,3-7H2,1-2H3/b19-15+. The Labute approximate surface area is 139 Å². The Morgan fingerprint density at radius 1 is 1.25 bits per heavy atom. The van der Waals surface area contributed by atoms with Crippen LogP contribution in [0.4, 0.5) is 0 Å². The molecule has 1 N–H and O–H groups in total. The highest BCUT2D eigenvalue weighted by Gasteiger charge is 2.20. The van der Waals surface area contributed by atoms with Crippen molar-refractivity contribution in [2.24, 2.45) is 5.16 Å². The lowest BCUT2D eigenvalue weighted by Crippen LogP contribution is -2.22. The first-order valence-electron chi connectivity index (χ1n) is 7.98. The van der Waals surface area contributed by atoms with Crippen LogP contribution in [-0.4, -0.2) is 23.8 Å². The van der Waals surface area contributed by atoms with Crippen molar-refractivity contribution in [1.82, 2.24) is 0 Å². The number of hydrogen-bond donors (Lipinski definition) is 1. The van der Waals surface area contributed by atoms with Gasteiger partial charge >= 0.3 is 5.63 Å². The van der Waals surface area contributed by atoms with Crippen LogP contribution in [0, 0.1) is 0 Å². The van der Waals surface area contributed by atoms with Crippen LogP contribution in [-0.2, 0) is 0 Å². The Morgan fingerprint density at radius 3 is 2.71 bits per heavy atom. The number of hydrogen-bond acceptors (Lipinski definition) is 6. The minimum absolute atomic E-state index is 0.0220. The van der Waals surface area contributed by atoms with Gasteiger partial charge in [0.15, 0.2) is 0 Å². The zero-order valence-electron chi connectivity index (χ0n) is 13.9. The fraction of sp³-hybridized carbons (Fsp3) is 0.389. The number of methoxy groups -OCH3 is 1. The molecule has 0 unspecified atom stereocenters. The molecule has 0 aliphatic heterocycles. The number of unbranched alkanes of at least 4 members (excludes halogenated alkanes) is 3. The summed E-state index contributed by atoms with van der Waals surface area (Å²) < 4.78 is 10.3. The van der Waals surface area contributed by atoms with Crippen molar-refractivity contribution < 1.29 is 19.2 Å². The van der Waals surface area contributed by atoms with Crippen LogP contribution in [0.1, 0.15) is 49.4 Å². The normalized spacial score (nSPS) is 11.7. The number of carbonyl (C=O) groups excluding carboxylic acids is 1. The maximum Gasteiger partial charge on any atom is 0.347 e. The highest BCUT2D eigenvalue weighted by atomic mass is 16.5. The topological polar surface area (TPSA) is 89.1 Å². The molecule has 0 saturated heterocycles. The number of carbonyl (C=O) groups is 1. The van der Waals surface area contributed by atoms with Crippen LogP contribution in [0.5, 0.6) is 5.75 Å². The molecule has 1 heterocycles. The number of oxime groups is 1. The highest BCUT2D eigenvalue weighted by molar-refractivity contribution is 6.45. The van der Waals surface area contributed by atoms with Crippen LogP contribution in [0.15, 0.2) is 38.6 Å². The second kappa shape index (κ2) is 8.29. The van der Waals surface area contributed by atoms with Crippen LogP contribution >= 0.6 is 0 Å². The van der Waals surface area contributed by atoms with E-state index in [4.69, 9.17) is 14.4 Å². The summed E-state index contributed by atoms with van der Waals surface area (Å²) in [5.74, 6) is -0.0428. The van der Waals surface area contributed by atoms with E-state index in [1.165, 1.54) is 13.2 Å². The number of ketones is 1. The summed E-state index contributed by atoms with van der Waals surface area (Å²) in [4.78, 5) is 24.6. The summed E-state index contributed by atoms with van der Waals surface area (Å²) in [5.41, 5.74) is -0.570. The predicted octanol–water partition coefficient (Wildman–Crippen LogP) is 3.78. The summed E-state index contributed by atoms with van der Waals surface area (Å²) in [7, 11) is 1.51. The molecule has 24 heavy (non-hydrogen) atoms. The minimum atomic E-state index is -0.754. The van der Waals surface area contributed by atoms with E-state index in [-0.39, 0.29) is 11.3 Å². The van der Waals surface area contributed by atoms with E-state index in [9.17, 15) is 9.59 Å². The number of rotatable bonds is 8. The molecule has 0 bridgehead atoms. The van der Waals surface area contributed by atoms with Crippen molar-refractivity contribution in [1.29, 1.82) is 0 Å². The molecule has 0 atom stereocenters. The number of nitrogens with zero attached hydrogens (tertiary/aromatic N) is 1. The van der Waals surface area contributed by atoms with Gasteiger partial charge in [-0.25, -0.2) is 4.79 Å². The second-order valence-corrected chi connectivity index (χ2v) is 5.54. The molecular formula is C18H21NO5. The number of ether oxygens (including phenoxy) is 1. The molecule has 1 aromatic carbocycles. The molecule has 1 aromatic heterocycles. The van der Waals surface area contributed by atoms with Gasteiger partial charge in [0.2, 0.25) is 5.78 Å². The maximum atomic E-state index is 12.5. The van der Waals surface area contributed by atoms with Crippen LogP contribution in [0.2, 0.25) is 0 Å². The molecule has 0 aliphatic carbocycles. The molecule has 0 fully saturated rings. The largest absolute Gasteiger partial charge is 0.497 e. The zero-order valence-corrected chi connectivity index (χ0v) is 13.9. The Hall–Kier alpha value is -2.63. The minimum Gasteiger partial charge on any atom is -0.497 e. The molecular weight excluding hydrogens is 310 g/mol. The number of Topliss-reactive ketones (excluding diaryl/α,β-unsaturated/α-hetero) is 1. The highest BCUT2D eigenvalue weighted by Crippen LogP contribution is 2.20. The van der Waals surface area contributed by atoms with Crippen LogP contribution in [0.25, 0.3) is 11.0 Å². The molecule has 2 rings (SSSR count). The number of fused-ring (bicyclic) bond motifs is 1. The van der Waals surface area contributed by atoms with Gasteiger partial charge in [0.05, 0.1) is 7.11 Å². The summed E-state index contributed by atoms with van der Waals surface area (Å²) in [6.07, 6.45) is 4.11. The maximum absolute atomic E-state index is 12.5. The van der Waals surface area contributed by atoms with Crippen molar-refractivity contribution in [2.45, 2.75) is 39.0 Å². The summed E-state index contributed by atoms with van der Waals surface area (Å²) in [6.45, 7) is 2.08. The summed E-state index contributed by atoms with van der Waals surface area (Å²) in [5, 5.41) is 12.8. The van der Waals surface area contributed by atoms with E-state index >= 15 is 0 Å². The fourth-order valence-corrected chi connectivity index (χ4v) is 2.46. The summed E-state index contributed by atoms with van der Waals surface area (Å²) >= 11 is 0. The monoisotopic (exact) mass is 331 g/mol. The quantitative estimate of drug-likeness (QED) is 0.198. The molecule has 0 spiro atoms. The first kappa shape index (κ1) is 17.7. The molecule has 0 aliphatic rings. The van der Waals surface area contributed by atoms with Gasteiger partial charge in [-0.1, -0.05) is 31.3 Å². The van der Waals surface area contributed by atoms with Crippen LogP contribution < -0.4 is 10.4 Å². The first-order valence-corrected chi connectivity index (χ1v) is 7.98. The molecule has 128 valence electrons. The van der Waals surface area contributed by atoms with Gasteiger partial charge in [0.25, 0.3) is 0 Å². The van der Waals surface area contributed by atoms with Gasteiger partial charge < -0.3 is 14.4 Å². The molecule has 0 saturated carbocycles.